The van der Waals surface area contributed by atoms with Gasteiger partial charge >= 0.3 is 0 Å². The molecule has 0 radical (unpaired) electrons. The number of nitrogens with zero attached hydrogens (tertiary/aromatic N) is 2. The number of nitrogen functional groups attached to an aromatic ring is 1. The van der Waals surface area contributed by atoms with Crippen LogP contribution in [0.25, 0.3) is 10.9 Å². The smallest absolute Gasteiger partial charge is 0.0600 e. The maximum Gasteiger partial charge on any atom is 0.0600 e. The van der Waals surface area contributed by atoms with Crippen molar-refractivity contribution < 1.29 is 0 Å². The number of rotatable bonds is 3. The van der Waals surface area contributed by atoms with E-state index in [1.165, 1.54) is 16.5 Å². The van der Waals surface area contributed by atoms with Crippen LogP contribution in [0.4, 0.5) is 11.4 Å². The van der Waals surface area contributed by atoms with Crippen LogP contribution >= 0.6 is 0 Å². The first-order valence-electron chi connectivity index (χ1n) is 6.75. The Morgan fingerprint density at radius 1 is 1.05 bits per heavy atom. The number of aromatic nitrogens is 1. The summed E-state index contributed by atoms with van der Waals surface area (Å²) >= 11 is 0. The van der Waals surface area contributed by atoms with E-state index >= 15 is 0 Å². The molecule has 0 amide bonds. The van der Waals surface area contributed by atoms with Crippen LogP contribution < -0.4 is 10.6 Å². The van der Waals surface area contributed by atoms with Gasteiger partial charge < -0.3 is 15.2 Å². The number of nitrogens with two attached hydrogens (primary N) is 1. The number of benzene rings is 2. The quantitative estimate of drug-likeness (QED) is 0.736. The molecule has 3 heteroatoms. The highest BCUT2D eigenvalue weighted by Gasteiger charge is 2.10. The summed E-state index contributed by atoms with van der Waals surface area (Å²) in [5.74, 6) is 0. The topological polar surface area (TPSA) is 34.2 Å². The Hall–Kier alpha value is -2.42. The van der Waals surface area contributed by atoms with Crippen molar-refractivity contribution in [1.29, 1.82) is 0 Å². The van der Waals surface area contributed by atoms with Gasteiger partial charge in [0, 0.05) is 37.7 Å². The molecule has 0 aliphatic carbocycles. The molecule has 0 spiro atoms. The van der Waals surface area contributed by atoms with E-state index in [4.69, 9.17) is 5.73 Å². The molecule has 3 rings (SSSR count). The van der Waals surface area contributed by atoms with Gasteiger partial charge in [0.05, 0.1) is 11.4 Å². The van der Waals surface area contributed by atoms with Gasteiger partial charge in [0.25, 0.3) is 0 Å². The molecular formula is C17H19N3. The van der Waals surface area contributed by atoms with Crippen molar-refractivity contribution in [2.45, 2.75) is 6.54 Å². The zero-order valence-electron chi connectivity index (χ0n) is 11.9. The van der Waals surface area contributed by atoms with Gasteiger partial charge in [0.1, 0.15) is 0 Å². The van der Waals surface area contributed by atoms with Gasteiger partial charge in [-0.1, -0.05) is 30.3 Å². The summed E-state index contributed by atoms with van der Waals surface area (Å²) in [7, 11) is 4.16. The van der Waals surface area contributed by atoms with Crippen LogP contribution in [0.2, 0.25) is 0 Å². The first-order chi connectivity index (χ1) is 9.66. The predicted octanol–water partition coefficient (Wildman–Crippen LogP) is 3.40. The standard InChI is InChI=1S/C17H19N3/c1-19-11-13(14-7-3-5-9-16(14)19)12-20(2)17-10-6-4-8-15(17)18/h3-11H,12,18H2,1-2H3. The fraction of sp³-hybridized carbons (Fsp3) is 0.176. The van der Waals surface area contributed by atoms with E-state index in [1.807, 2.05) is 18.2 Å². The molecule has 20 heavy (non-hydrogen) atoms. The SMILES string of the molecule is CN(Cc1cn(C)c2ccccc12)c1ccccc1N. The predicted molar refractivity (Wildman–Crippen MR) is 85.9 cm³/mol. The molecule has 0 saturated carbocycles. The first kappa shape index (κ1) is 12.6. The molecule has 1 aromatic heterocycles. The average molecular weight is 265 g/mol. The average Bonchev–Trinajstić information content (AvgIpc) is 2.76. The molecule has 0 aliphatic rings. The van der Waals surface area contributed by atoms with E-state index < -0.39 is 0 Å². The Bertz CT molecular complexity index is 743. The van der Waals surface area contributed by atoms with Crippen LogP contribution in [-0.2, 0) is 13.6 Å². The number of aryl methyl sites for hydroxylation is 1. The molecule has 3 aromatic rings. The van der Waals surface area contributed by atoms with Crippen LogP contribution in [0.3, 0.4) is 0 Å². The highest BCUT2D eigenvalue weighted by Crippen LogP contribution is 2.26. The minimum Gasteiger partial charge on any atom is -0.397 e. The lowest BCUT2D eigenvalue weighted by molar-refractivity contribution is 0.905. The first-order valence-corrected chi connectivity index (χ1v) is 6.75. The summed E-state index contributed by atoms with van der Waals surface area (Å²) in [5, 5.41) is 1.30. The normalized spacial score (nSPS) is 10.9. The molecule has 0 atom stereocenters. The molecule has 0 fully saturated rings. The van der Waals surface area contributed by atoms with Crippen LogP contribution in [0.15, 0.2) is 54.7 Å². The van der Waals surface area contributed by atoms with Gasteiger partial charge in [-0.15, -0.1) is 0 Å². The second-order valence-corrected chi connectivity index (χ2v) is 5.20. The molecule has 0 bridgehead atoms. The third-order valence-corrected chi connectivity index (χ3v) is 3.73. The van der Waals surface area contributed by atoms with E-state index in [-0.39, 0.29) is 0 Å². The Balaban J connectivity index is 1.96. The lowest BCUT2D eigenvalue weighted by Crippen LogP contribution is -2.17. The molecule has 0 unspecified atom stereocenters. The number of para-hydroxylation sites is 3. The van der Waals surface area contributed by atoms with Gasteiger partial charge in [0.15, 0.2) is 0 Å². The maximum absolute atomic E-state index is 6.05. The molecule has 3 nitrogen and oxygen atoms in total. The van der Waals surface area contributed by atoms with Crippen molar-refractivity contribution >= 4 is 22.3 Å². The van der Waals surface area contributed by atoms with Crippen LogP contribution in [0.1, 0.15) is 5.56 Å². The number of hydrogen-bond acceptors (Lipinski definition) is 2. The lowest BCUT2D eigenvalue weighted by Gasteiger charge is -2.20. The van der Waals surface area contributed by atoms with E-state index in [1.54, 1.807) is 0 Å². The second-order valence-electron chi connectivity index (χ2n) is 5.20. The van der Waals surface area contributed by atoms with Crippen molar-refractivity contribution in [2.24, 2.45) is 7.05 Å². The molecule has 102 valence electrons. The van der Waals surface area contributed by atoms with Gasteiger partial charge in [-0.2, -0.15) is 0 Å². The van der Waals surface area contributed by atoms with Crippen molar-refractivity contribution in [3.05, 3.63) is 60.3 Å². The summed E-state index contributed by atoms with van der Waals surface area (Å²) in [5.41, 5.74) is 10.5. The van der Waals surface area contributed by atoms with Crippen LogP contribution in [-0.4, -0.2) is 11.6 Å². The lowest BCUT2D eigenvalue weighted by atomic mass is 10.1. The minimum atomic E-state index is 0.815. The van der Waals surface area contributed by atoms with Crippen molar-refractivity contribution in [1.82, 2.24) is 4.57 Å². The van der Waals surface area contributed by atoms with Crippen molar-refractivity contribution in [2.75, 3.05) is 17.7 Å². The van der Waals surface area contributed by atoms with Gasteiger partial charge in [-0.3, -0.25) is 0 Å². The Morgan fingerprint density at radius 2 is 1.75 bits per heavy atom. The fourth-order valence-electron chi connectivity index (χ4n) is 2.73. The monoisotopic (exact) mass is 265 g/mol. The Morgan fingerprint density at radius 3 is 2.55 bits per heavy atom. The minimum absolute atomic E-state index is 0.815. The molecular weight excluding hydrogens is 246 g/mol. The Labute approximate surface area is 119 Å². The molecule has 0 aliphatic heterocycles. The summed E-state index contributed by atoms with van der Waals surface area (Å²) < 4.78 is 2.17. The summed E-state index contributed by atoms with van der Waals surface area (Å²) in [6.07, 6.45) is 2.19. The fourth-order valence-corrected chi connectivity index (χ4v) is 2.73. The zero-order chi connectivity index (χ0) is 14.1. The molecule has 0 saturated heterocycles. The summed E-state index contributed by atoms with van der Waals surface area (Å²) in [4.78, 5) is 2.19. The van der Waals surface area contributed by atoms with Gasteiger partial charge in [-0.05, 0) is 23.8 Å². The van der Waals surface area contributed by atoms with Gasteiger partial charge in [0.2, 0.25) is 0 Å². The van der Waals surface area contributed by atoms with E-state index in [2.05, 4.69) is 60.1 Å². The number of hydrogen-bond donors (Lipinski definition) is 1. The van der Waals surface area contributed by atoms with E-state index in [0.29, 0.717) is 0 Å². The third kappa shape index (κ3) is 2.11. The number of fused-ring (bicyclic) bond motifs is 1. The molecule has 2 N–H and O–H groups in total. The highest BCUT2D eigenvalue weighted by molar-refractivity contribution is 5.84. The van der Waals surface area contributed by atoms with Gasteiger partial charge in [-0.25, -0.2) is 0 Å². The zero-order valence-corrected chi connectivity index (χ0v) is 11.9. The van der Waals surface area contributed by atoms with Crippen molar-refractivity contribution in [3.63, 3.8) is 0 Å². The maximum atomic E-state index is 6.05. The van der Waals surface area contributed by atoms with Crippen LogP contribution in [0.5, 0.6) is 0 Å². The summed E-state index contributed by atoms with van der Waals surface area (Å²) in [6.45, 7) is 0.843. The third-order valence-electron chi connectivity index (χ3n) is 3.73. The van der Waals surface area contributed by atoms with E-state index in [0.717, 1.165) is 17.9 Å². The Kier molecular flexibility index (Phi) is 3.11. The van der Waals surface area contributed by atoms with E-state index in [9.17, 15) is 0 Å². The van der Waals surface area contributed by atoms with Crippen LogP contribution in [0, 0.1) is 0 Å². The number of anilines is 2. The largest absolute Gasteiger partial charge is 0.397 e. The van der Waals surface area contributed by atoms with Crippen molar-refractivity contribution in [3.8, 4) is 0 Å². The summed E-state index contributed by atoms with van der Waals surface area (Å²) in [6, 6.07) is 16.5. The molecule has 2 aromatic carbocycles. The highest BCUT2D eigenvalue weighted by atomic mass is 15.1. The molecule has 1 heterocycles. The second kappa shape index (κ2) is 4.93.